The molecular formula is C33H56O. The Morgan fingerprint density at radius 2 is 1.50 bits per heavy atom. The molecule has 0 saturated heterocycles. The molecule has 0 aliphatic heterocycles. The summed E-state index contributed by atoms with van der Waals surface area (Å²) in [5.41, 5.74) is 3.78. The highest BCUT2D eigenvalue weighted by molar-refractivity contribution is 5.30. The van der Waals surface area contributed by atoms with E-state index in [1.54, 1.807) is 0 Å². The predicted molar refractivity (Wildman–Crippen MR) is 144 cm³/mol. The van der Waals surface area contributed by atoms with Gasteiger partial charge in [0.1, 0.15) is 0 Å². The summed E-state index contributed by atoms with van der Waals surface area (Å²) in [6.45, 7) is 24.4. The van der Waals surface area contributed by atoms with Crippen molar-refractivity contribution >= 4 is 0 Å². The summed E-state index contributed by atoms with van der Waals surface area (Å²) < 4.78 is 0. The third-order valence-electron chi connectivity index (χ3n) is 14.3. The maximum Gasteiger partial charge on any atom is 0.0594 e. The van der Waals surface area contributed by atoms with Crippen LogP contribution in [0.1, 0.15) is 126 Å². The normalized spacial score (nSPS) is 50.5. The van der Waals surface area contributed by atoms with Crippen LogP contribution in [-0.4, -0.2) is 11.2 Å². The largest absolute Gasteiger partial charge is 0.393 e. The summed E-state index contributed by atoms with van der Waals surface area (Å²) in [5, 5.41) is 10.9. The first kappa shape index (κ1) is 25.4. The van der Waals surface area contributed by atoms with Gasteiger partial charge in [0.25, 0.3) is 0 Å². The molecule has 1 heteroatoms. The smallest absolute Gasteiger partial charge is 0.0594 e. The zero-order valence-corrected chi connectivity index (χ0v) is 24.0. The van der Waals surface area contributed by atoms with Gasteiger partial charge >= 0.3 is 0 Å². The van der Waals surface area contributed by atoms with Gasteiger partial charge in [0.05, 0.1) is 6.10 Å². The number of rotatable bonds is 6. The van der Waals surface area contributed by atoms with Crippen LogP contribution in [0.5, 0.6) is 0 Å². The lowest BCUT2D eigenvalue weighted by molar-refractivity contribution is -0.161. The van der Waals surface area contributed by atoms with Crippen LogP contribution in [0, 0.1) is 62.6 Å². The summed E-state index contributed by atoms with van der Waals surface area (Å²) in [5.74, 6) is 4.65. The Kier molecular flexibility index (Phi) is 5.85. The number of hydrogen-bond acceptors (Lipinski definition) is 1. The molecule has 5 fully saturated rings. The molecule has 194 valence electrons. The minimum Gasteiger partial charge on any atom is -0.393 e. The van der Waals surface area contributed by atoms with Crippen LogP contribution >= 0.6 is 0 Å². The zero-order chi connectivity index (χ0) is 24.9. The number of allylic oxidation sites excluding steroid dienone is 1. The molecule has 10 unspecified atom stereocenters. The fourth-order valence-electron chi connectivity index (χ4n) is 12.0. The second kappa shape index (κ2) is 7.85. The molecule has 2 spiro atoms. The van der Waals surface area contributed by atoms with Gasteiger partial charge in [-0.2, -0.15) is 0 Å². The summed E-state index contributed by atoms with van der Waals surface area (Å²) in [6, 6.07) is 0. The van der Waals surface area contributed by atoms with Crippen LogP contribution in [0.3, 0.4) is 0 Å². The standard InChI is InChI=1S/C33H56O/c1-10-24(23(5)21(2)3)19-22(4)25-13-15-31(9)27-12-11-26-29(6,7)28(34)14-16-32(26)20-33(27,32)18-17-30(25,31)8/h21-22,24-28,34H,5,10-20H2,1-4,6-9H3. The van der Waals surface area contributed by atoms with Crippen molar-refractivity contribution in [1.82, 2.24) is 0 Å². The van der Waals surface area contributed by atoms with Crippen molar-refractivity contribution in [2.24, 2.45) is 62.6 Å². The van der Waals surface area contributed by atoms with Crippen molar-refractivity contribution in [3.05, 3.63) is 12.2 Å². The van der Waals surface area contributed by atoms with Crippen LogP contribution in [0.2, 0.25) is 0 Å². The highest BCUT2D eigenvalue weighted by Crippen LogP contribution is 2.89. The molecule has 0 aromatic heterocycles. The molecule has 5 saturated carbocycles. The molecule has 5 aliphatic carbocycles. The number of aliphatic hydroxyl groups is 1. The van der Waals surface area contributed by atoms with Gasteiger partial charge in [0, 0.05) is 0 Å². The molecule has 34 heavy (non-hydrogen) atoms. The molecule has 5 rings (SSSR count). The van der Waals surface area contributed by atoms with E-state index in [0.29, 0.717) is 33.5 Å². The Morgan fingerprint density at radius 1 is 0.853 bits per heavy atom. The Morgan fingerprint density at radius 3 is 2.15 bits per heavy atom. The van der Waals surface area contributed by atoms with E-state index in [1.807, 2.05) is 0 Å². The first-order valence-corrected chi connectivity index (χ1v) is 15.2. The highest BCUT2D eigenvalue weighted by atomic mass is 16.3. The zero-order valence-electron chi connectivity index (χ0n) is 24.0. The SMILES string of the molecule is C=C(C(C)C)C(CC)CC(C)C1CCC2(C)C3CCC4C(C)(C)C(O)CCC45CC35CCC12C. The third-order valence-corrected chi connectivity index (χ3v) is 14.3. The van der Waals surface area contributed by atoms with E-state index in [0.717, 1.165) is 30.1 Å². The summed E-state index contributed by atoms with van der Waals surface area (Å²) in [7, 11) is 0. The Hall–Kier alpha value is -0.300. The minimum absolute atomic E-state index is 0.0921. The number of hydrogen-bond donors (Lipinski definition) is 1. The fourth-order valence-corrected chi connectivity index (χ4v) is 12.0. The summed E-state index contributed by atoms with van der Waals surface area (Å²) in [6.07, 6.45) is 15.0. The van der Waals surface area contributed by atoms with Crippen LogP contribution in [-0.2, 0) is 0 Å². The van der Waals surface area contributed by atoms with E-state index in [1.165, 1.54) is 69.8 Å². The van der Waals surface area contributed by atoms with Gasteiger partial charge in [-0.25, -0.2) is 0 Å². The van der Waals surface area contributed by atoms with Crippen molar-refractivity contribution in [2.75, 3.05) is 0 Å². The van der Waals surface area contributed by atoms with E-state index in [-0.39, 0.29) is 11.5 Å². The lowest BCUT2D eigenvalue weighted by atomic mass is 9.41. The molecule has 0 bridgehead atoms. The molecule has 0 amide bonds. The van der Waals surface area contributed by atoms with E-state index >= 15 is 0 Å². The van der Waals surface area contributed by atoms with Gasteiger partial charge < -0.3 is 5.11 Å². The van der Waals surface area contributed by atoms with Crippen molar-refractivity contribution < 1.29 is 5.11 Å². The topological polar surface area (TPSA) is 20.2 Å². The number of fused-ring (bicyclic) bond motifs is 2. The maximum atomic E-state index is 10.9. The average molecular weight is 469 g/mol. The van der Waals surface area contributed by atoms with Crippen LogP contribution in [0.25, 0.3) is 0 Å². The third kappa shape index (κ3) is 3.01. The van der Waals surface area contributed by atoms with Crippen LogP contribution in [0.4, 0.5) is 0 Å². The Balaban J connectivity index is 1.39. The molecular weight excluding hydrogens is 412 g/mol. The van der Waals surface area contributed by atoms with E-state index < -0.39 is 0 Å². The van der Waals surface area contributed by atoms with Crippen molar-refractivity contribution in [3.8, 4) is 0 Å². The molecule has 0 heterocycles. The predicted octanol–water partition coefficient (Wildman–Crippen LogP) is 9.05. The second-order valence-corrected chi connectivity index (χ2v) is 15.6. The second-order valence-electron chi connectivity index (χ2n) is 15.6. The van der Waals surface area contributed by atoms with E-state index in [9.17, 15) is 5.11 Å². The van der Waals surface area contributed by atoms with Crippen molar-refractivity contribution in [3.63, 3.8) is 0 Å². The van der Waals surface area contributed by atoms with Gasteiger partial charge in [0.2, 0.25) is 0 Å². The summed E-state index contributed by atoms with van der Waals surface area (Å²) >= 11 is 0. The first-order chi connectivity index (χ1) is 15.8. The van der Waals surface area contributed by atoms with E-state index in [2.05, 4.69) is 62.0 Å². The van der Waals surface area contributed by atoms with Gasteiger partial charge in [-0.15, -0.1) is 0 Å². The first-order valence-electron chi connectivity index (χ1n) is 15.2. The molecule has 1 N–H and O–H groups in total. The summed E-state index contributed by atoms with van der Waals surface area (Å²) in [4.78, 5) is 0. The molecule has 10 atom stereocenters. The van der Waals surface area contributed by atoms with Crippen molar-refractivity contribution in [2.45, 2.75) is 132 Å². The van der Waals surface area contributed by atoms with Crippen LogP contribution < -0.4 is 0 Å². The molecule has 5 aliphatic rings. The van der Waals surface area contributed by atoms with E-state index in [4.69, 9.17) is 0 Å². The molecule has 0 aromatic rings. The van der Waals surface area contributed by atoms with Gasteiger partial charge in [-0.05, 0) is 133 Å². The lowest BCUT2D eigenvalue weighted by Gasteiger charge is -2.63. The van der Waals surface area contributed by atoms with Gasteiger partial charge in [0.15, 0.2) is 0 Å². The quantitative estimate of drug-likeness (QED) is 0.385. The average Bonchev–Trinajstić information content (AvgIpc) is 3.36. The molecule has 0 aromatic carbocycles. The van der Waals surface area contributed by atoms with Crippen LogP contribution in [0.15, 0.2) is 12.2 Å². The monoisotopic (exact) mass is 468 g/mol. The Bertz CT molecular complexity index is 824. The highest BCUT2D eigenvalue weighted by Gasteiger charge is 2.82. The molecule has 0 radical (unpaired) electrons. The van der Waals surface area contributed by atoms with Crippen molar-refractivity contribution in [1.29, 1.82) is 0 Å². The lowest BCUT2D eigenvalue weighted by Crippen LogP contribution is -2.57. The number of aliphatic hydroxyl groups excluding tert-OH is 1. The van der Waals surface area contributed by atoms with Gasteiger partial charge in [-0.1, -0.05) is 67.5 Å². The molecule has 1 nitrogen and oxygen atoms in total. The van der Waals surface area contributed by atoms with Gasteiger partial charge in [-0.3, -0.25) is 0 Å². The fraction of sp³-hybridized carbons (Fsp3) is 0.939. The maximum absolute atomic E-state index is 10.9. The Labute approximate surface area is 211 Å². The minimum atomic E-state index is -0.0921.